The molecule has 2 atom stereocenters. The largest absolute Gasteiger partial charge is 0.395 e. The molecule has 0 radical (unpaired) electrons. The normalized spacial score (nSPS) is 20.6. The Morgan fingerprint density at radius 1 is 1.06 bits per heavy atom. The van der Waals surface area contributed by atoms with Gasteiger partial charge in [0.2, 0.25) is 0 Å². The van der Waals surface area contributed by atoms with E-state index in [9.17, 15) is 0 Å². The van der Waals surface area contributed by atoms with Crippen molar-refractivity contribution < 1.29 is 5.11 Å². The average molecular weight is 248 g/mol. The third-order valence-corrected chi connectivity index (χ3v) is 4.07. The maximum atomic E-state index is 9.02. The van der Waals surface area contributed by atoms with Crippen LogP contribution in [-0.4, -0.2) is 17.8 Å². The first-order valence-corrected chi connectivity index (χ1v) is 6.94. The lowest BCUT2D eigenvalue weighted by molar-refractivity contribution is 0.250. The first-order chi connectivity index (χ1) is 8.72. The molecule has 2 unspecified atom stereocenters. The Morgan fingerprint density at radius 3 is 2.22 bits per heavy atom. The maximum absolute atomic E-state index is 9.02. The fourth-order valence-electron chi connectivity index (χ4n) is 2.79. The van der Waals surface area contributed by atoms with Crippen molar-refractivity contribution >= 4 is 0 Å². The Kier molecular flexibility index (Phi) is 4.75. The zero-order chi connectivity index (χ0) is 13.0. The number of benzene rings is 1. The quantitative estimate of drug-likeness (QED) is 0.763. The second-order valence-electron chi connectivity index (χ2n) is 5.37. The third-order valence-electron chi connectivity index (χ3n) is 4.07. The molecule has 3 nitrogen and oxygen atoms in total. The standard InChI is InChI=1S/C15H24N2O/c16-14(10-18)15(17)13-8-6-12(7-9-13)11-4-2-1-3-5-11/h6-9,11,14-15,18H,1-5,10,16-17H2. The van der Waals surface area contributed by atoms with Crippen LogP contribution in [0.4, 0.5) is 0 Å². The van der Waals surface area contributed by atoms with Crippen LogP contribution in [0.2, 0.25) is 0 Å². The van der Waals surface area contributed by atoms with E-state index < -0.39 is 0 Å². The molecule has 2 rings (SSSR count). The van der Waals surface area contributed by atoms with Crippen molar-refractivity contribution in [3.63, 3.8) is 0 Å². The van der Waals surface area contributed by atoms with Crippen LogP contribution >= 0.6 is 0 Å². The fourth-order valence-corrected chi connectivity index (χ4v) is 2.79. The van der Waals surface area contributed by atoms with Crippen LogP contribution in [-0.2, 0) is 0 Å². The summed E-state index contributed by atoms with van der Waals surface area (Å²) in [5.74, 6) is 0.718. The summed E-state index contributed by atoms with van der Waals surface area (Å²) in [6.45, 7) is -0.0778. The number of aliphatic hydroxyl groups excluding tert-OH is 1. The highest BCUT2D eigenvalue weighted by Crippen LogP contribution is 2.32. The topological polar surface area (TPSA) is 72.3 Å². The average Bonchev–Trinajstić information content (AvgIpc) is 2.47. The highest BCUT2D eigenvalue weighted by molar-refractivity contribution is 5.28. The van der Waals surface area contributed by atoms with Gasteiger partial charge in [-0.15, -0.1) is 0 Å². The van der Waals surface area contributed by atoms with Crippen molar-refractivity contribution in [1.29, 1.82) is 0 Å². The van der Waals surface area contributed by atoms with Gasteiger partial charge in [-0.1, -0.05) is 43.5 Å². The number of hydrogen-bond donors (Lipinski definition) is 3. The lowest BCUT2D eigenvalue weighted by Crippen LogP contribution is -2.37. The van der Waals surface area contributed by atoms with Gasteiger partial charge in [0.25, 0.3) is 0 Å². The number of nitrogens with two attached hydrogens (primary N) is 2. The monoisotopic (exact) mass is 248 g/mol. The van der Waals surface area contributed by atoms with Gasteiger partial charge in [-0.05, 0) is 29.9 Å². The molecule has 0 spiro atoms. The van der Waals surface area contributed by atoms with Gasteiger partial charge >= 0.3 is 0 Å². The lowest BCUT2D eigenvalue weighted by atomic mass is 9.83. The van der Waals surface area contributed by atoms with Crippen LogP contribution in [0.1, 0.15) is 55.2 Å². The van der Waals surface area contributed by atoms with Crippen LogP contribution in [0.5, 0.6) is 0 Å². The summed E-state index contributed by atoms with van der Waals surface area (Å²) >= 11 is 0. The van der Waals surface area contributed by atoms with Crippen LogP contribution in [0, 0.1) is 0 Å². The van der Waals surface area contributed by atoms with Crippen molar-refractivity contribution in [3.8, 4) is 0 Å². The van der Waals surface area contributed by atoms with E-state index in [0.29, 0.717) is 0 Å². The van der Waals surface area contributed by atoms with E-state index in [1.165, 1.54) is 37.7 Å². The Balaban J connectivity index is 2.04. The summed E-state index contributed by atoms with van der Waals surface area (Å²) in [6, 6.07) is 7.81. The minimum absolute atomic E-state index is 0.0778. The smallest absolute Gasteiger partial charge is 0.0601 e. The fraction of sp³-hybridized carbons (Fsp3) is 0.600. The molecule has 0 amide bonds. The molecule has 0 aliphatic heterocycles. The molecule has 3 heteroatoms. The summed E-state index contributed by atoms with van der Waals surface area (Å²) < 4.78 is 0. The maximum Gasteiger partial charge on any atom is 0.0601 e. The van der Waals surface area contributed by atoms with Crippen LogP contribution in [0.25, 0.3) is 0 Å². The first kappa shape index (κ1) is 13.5. The second kappa shape index (κ2) is 6.32. The van der Waals surface area contributed by atoms with Gasteiger partial charge in [-0.2, -0.15) is 0 Å². The minimum atomic E-state index is -0.384. The van der Waals surface area contributed by atoms with Gasteiger partial charge in [-0.25, -0.2) is 0 Å². The van der Waals surface area contributed by atoms with E-state index in [-0.39, 0.29) is 18.7 Å². The number of aliphatic hydroxyl groups is 1. The highest BCUT2D eigenvalue weighted by Gasteiger charge is 2.17. The molecule has 0 bridgehead atoms. The predicted octanol–water partition coefficient (Wildman–Crippen LogP) is 2.05. The molecule has 0 aromatic heterocycles. The van der Waals surface area contributed by atoms with E-state index in [1.807, 2.05) is 0 Å². The van der Waals surface area contributed by atoms with Crippen LogP contribution in [0.3, 0.4) is 0 Å². The molecule has 1 aromatic carbocycles. The second-order valence-corrected chi connectivity index (χ2v) is 5.37. The van der Waals surface area contributed by atoms with E-state index in [0.717, 1.165) is 11.5 Å². The molecule has 1 fully saturated rings. The van der Waals surface area contributed by atoms with Crippen molar-refractivity contribution in [3.05, 3.63) is 35.4 Å². The van der Waals surface area contributed by atoms with Gasteiger partial charge in [0.05, 0.1) is 6.61 Å². The number of hydrogen-bond acceptors (Lipinski definition) is 3. The molecule has 0 heterocycles. The summed E-state index contributed by atoms with van der Waals surface area (Å²) in [4.78, 5) is 0. The Morgan fingerprint density at radius 2 is 1.67 bits per heavy atom. The molecule has 1 aliphatic rings. The van der Waals surface area contributed by atoms with Crippen LogP contribution < -0.4 is 11.5 Å². The van der Waals surface area contributed by atoms with Gasteiger partial charge in [0.15, 0.2) is 0 Å². The molecule has 1 aliphatic carbocycles. The van der Waals surface area contributed by atoms with Crippen molar-refractivity contribution in [2.24, 2.45) is 11.5 Å². The minimum Gasteiger partial charge on any atom is -0.395 e. The Labute approximate surface area is 109 Å². The van der Waals surface area contributed by atoms with E-state index >= 15 is 0 Å². The van der Waals surface area contributed by atoms with Crippen molar-refractivity contribution in [2.45, 2.75) is 50.1 Å². The Bertz CT molecular complexity index is 336. The lowest BCUT2D eigenvalue weighted by Gasteiger charge is -2.23. The van der Waals surface area contributed by atoms with Gasteiger partial charge in [0.1, 0.15) is 0 Å². The van der Waals surface area contributed by atoms with Crippen LogP contribution in [0.15, 0.2) is 24.3 Å². The zero-order valence-corrected chi connectivity index (χ0v) is 10.9. The third kappa shape index (κ3) is 3.10. The van der Waals surface area contributed by atoms with Crippen molar-refractivity contribution in [1.82, 2.24) is 0 Å². The van der Waals surface area contributed by atoms with E-state index in [2.05, 4.69) is 24.3 Å². The molecule has 1 aromatic rings. The zero-order valence-electron chi connectivity index (χ0n) is 10.9. The predicted molar refractivity (Wildman–Crippen MR) is 74.3 cm³/mol. The van der Waals surface area contributed by atoms with E-state index in [4.69, 9.17) is 16.6 Å². The molecular weight excluding hydrogens is 224 g/mol. The first-order valence-electron chi connectivity index (χ1n) is 6.94. The summed E-state index contributed by atoms with van der Waals surface area (Å²) in [5.41, 5.74) is 14.2. The molecule has 1 saturated carbocycles. The summed E-state index contributed by atoms with van der Waals surface area (Å²) in [6.07, 6.45) is 6.69. The molecule has 5 N–H and O–H groups in total. The SMILES string of the molecule is NC(CO)C(N)c1ccc(C2CCCCC2)cc1. The summed E-state index contributed by atoms with van der Waals surface area (Å²) in [5, 5.41) is 9.02. The molecule has 18 heavy (non-hydrogen) atoms. The van der Waals surface area contributed by atoms with E-state index in [1.54, 1.807) is 0 Å². The van der Waals surface area contributed by atoms with Gasteiger partial charge in [-0.3, -0.25) is 0 Å². The highest BCUT2D eigenvalue weighted by atomic mass is 16.3. The number of rotatable bonds is 4. The molecule has 0 saturated heterocycles. The van der Waals surface area contributed by atoms with Gasteiger partial charge in [0, 0.05) is 12.1 Å². The summed E-state index contributed by atoms with van der Waals surface area (Å²) in [7, 11) is 0. The molecular formula is C15H24N2O. The molecule has 100 valence electrons. The Hall–Kier alpha value is -0.900. The van der Waals surface area contributed by atoms with Crippen molar-refractivity contribution in [2.75, 3.05) is 6.61 Å². The van der Waals surface area contributed by atoms with Gasteiger partial charge < -0.3 is 16.6 Å².